The van der Waals surface area contributed by atoms with Gasteiger partial charge in [-0.05, 0) is 46.6 Å². The highest BCUT2D eigenvalue weighted by atomic mass is 79.9. The molecule has 2 aromatic rings. The number of methoxy groups -OCH3 is 1. The molecule has 19 heavy (non-hydrogen) atoms. The summed E-state index contributed by atoms with van der Waals surface area (Å²) in [7, 11) is 1.66. The fourth-order valence-electron chi connectivity index (χ4n) is 1.75. The van der Waals surface area contributed by atoms with Gasteiger partial charge in [0.1, 0.15) is 11.5 Å². The molecule has 1 aromatic carbocycles. The molecule has 2 N–H and O–H groups in total. The normalized spacial score (nSPS) is 12.2. The van der Waals surface area contributed by atoms with Gasteiger partial charge in [-0.25, -0.2) is 0 Å². The molecule has 0 aliphatic rings. The Morgan fingerprint density at radius 1 is 1.37 bits per heavy atom. The van der Waals surface area contributed by atoms with Crippen molar-refractivity contribution in [2.24, 2.45) is 5.73 Å². The summed E-state index contributed by atoms with van der Waals surface area (Å²) in [6, 6.07) is 7.75. The van der Waals surface area contributed by atoms with E-state index in [0.717, 1.165) is 26.4 Å². The zero-order chi connectivity index (χ0) is 13.8. The predicted octanol–water partition coefficient (Wildman–Crippen LogP) is 3.97. The van der Waals surface area contributed by atoms with Crippen molar-refractivity contribution >= 4 is 27.3 Å². The molecule has 0 fully saturated rings. The van der Waals surface area contributed by atoms with E-state index in [9.17, 15) is 0 Å². The van der Waals surface area contributed by atoms with Crippen LogP contribution in [0.3, 0.4) is 0 Å². The predicted molar refractivity (Wildman–Crippen MR) is 82.2 cm³/mol. The van der Waals surface area contributed by atoms with Gasteiger partial charge in [0.15, 0.2) is 0 Å². The van der Waals surface area contributed by atoms with Crippen LogP contribution >= 0.6 is 27.3 Å². The molecule has 0 saturated carbocycles. The van der Waals surface area contributed by atoms with Crippen LogP contribution in [-0.2, 0) is 0 Å². The number of benzene rings is 1. The number of ether oxygens (including phenoxy) is 2. The van der Waals surface area contributed by atoms with Gasteiger partial charge in [0.25, 0.3) is 0 Å². The molecule has 0 saturated heterocycles. The number of nitrogens with two attached hydrogens (primary N) is 1. The minimum Gasteiger partial charge on any atom is -0.496 e. The standard InChI is InChI=1S/C14H16BrNO2S/c1-3-18-12-5-4-9(6-11(12)15)14(16)13-7-10(17-2)8-19-13/h4-8,14H,3,16H2,1-2H3. The fourth-order valence-corrected chi connectivity index (χ4v) is 3.15. The zero-order valence-electron chi connectivity index (χ0n) is 10.9. The number of hydrogen-bond donors (Lipinski definition) is 1. The summed E-state index contributed by atoms with van der Waals surface area (Å²) in [5.41, 5.74) is 7.31. The van der Waals surface area contributed by atoms with Crippen molar-refractivity contribution in [3.05, 3.63) is 44.6 Å². The average molecular weight is 342 g/mol. The summed E-state index contributed by atoms with van der Waals surface area (Å²) >= 11 is 5.11. The van der Waals surface area contributed by atoms with Gasteiger partial charge in [-0.15, -0.1) is 11.3 Å². The summed E-state index contributed by atoms with van der Waals surface area (Å²) in [5.74, 6) is 1.68. The van der Waals surface area contributed by atoms with Crippen LogP contribution < -0.4 is 15.2 Å². The Kier molecular flexibility index (Phi) is 4.85. The number of thiophene rings is 1. The first kappa shape index (κ1) is 14.4. The van der Waals surface area contributed by atoms with Gasteiger partial charge >= 0.3 is 0 Å². The van der Waals surface area contributed by atoms with Crippen molar-refractivity contribution in [1.82, 2.24) is 0 Å². The van der Waals surface area contributed by atoms with Crippen LogP contribution in [0.4, 0.5) is 0 Å². The molecule has 1 unspecified atom stereocenters. The molecule has 0 aliphatic heterocycles. The van der Waals surface area contributed by atoms with Crippen molar-refractivity contribution < 1.29 is 9.47 Å². The van der Waals surface area contributed by atoms with Crippen LogP contribution in [0.2, 0.25) is 0 Å². The maximum atomic E-state index is 6.27. The van der Waals surface area contributed by atoms with Gasteiger partial charge in [0.2, 0.25) is 0 Å². The lowest BCUT2D eigenvalue weighted by Gasteiger charge is -2.12. The van der Waals surface area contributed by atoms with Crippen molar-refractivity contribution in [2.75, 3.05) is 13.7 Å². The first-order chi connectivity index (χ1) is 9.15. The van der Waals surface area contributed by atoms with Crippen LogP contribution in [0.5, 0.6) is 11.5 Å². The Morgan fingerprint density at radius 3 is 2.74 bits per heavy atom. The number of rotatable bonds is 5. The highest BCUT2D eigenvalue weighted by molar-refractivity contribution is 9.10. The quantitative estimate of drug-likeness (QED) is 0.894. The van der Waals surface area contributed by atoms with Crippen LogP contribution in [0.25, 0.3) is 0 Å². The van der Waals surface area contributed by atoms with Crippen molar-refractivity contribution in [2.45, 2.75) is 13.0 Å². The molecule has 0 aliphatic carbocycles. The lowest BCUT2D eigenvalue weighted by molar-refractivity contribution is 0.338. The largest absolute Gasteiger partial charge is 0.496 e. The van der Waals surface area contributed by atoms with Crippen molar-refractivity contribution in [3.63, 3.8) is 0 Å². The van der Waals surface area contributed by atoms with E-state index in [1.165, 1.54) is 0 Å². The molecule has 1 aromatic heterocycles. The van der Waals surface area contributed by atoms with E-state index in [4.69, 9.17) is 15.2 Å². The van der Waals surface area contributed by atoms with E-state index in [1.54, 1.807) is 18.4 Å². The summed E-state index contributed by atoms with van der Waals surface area (Å²) < 4.78 is 11.6. The molecule has 0 radical (unpaired) electrons. The van der Waals surface area contributed by atoms with E-state index in [0.29, 0.717) is 6.61 Å². The molecule has 1 atom stereocenters. The minimum atomic E-state index is -0.152. The number of halogens is 1. The summed E-state index contributed by atoms with van der Waals surface area (Å²) in [6.07, 6.45) is 0. The molecule has 1 heterocycles. The van der Waals surface area contributed by atoms with Gasteiger partial charge in [-0.1, -0.05) is 6.07 Å². The van der Waals surface area contributed by atoms with Crippen molar-refractivity contribution in [1.29, 1.82) is 0 Å². The van der Waals surface area contributed by atoms with Crippen LogP contribution in [-0.4, -0.2) is 13.7 Å². The average Bonchev–Trinajstić information content (AvgIpc) is 2.89. The topological polar surface area (TPSA) is 44.5 Å². The third-order valence-corrected chi connectivity index (χ3v) is 4.37. The molecule has 5 heteroatoms. The Morgan fingerprint density at radius 2 is 2.16 bits per heavy atom. The van der Waals surface area contributed by atoms with Gasteiger partial charge in [0, 0.05) is 10.3 Å². The van der Waals surface area contributed by atoms with Gasteiger partial charge in [0.05, 0.1) is 24.2 Å². The first-order valence-corrected chi connectivity index (χ1v) is 7.63. The molecule has 3 nitrogen and oxygen atoms in total. The maximum Gasteiger partial charge on any atom is 0.133 e. The highest BCUT2D eigenvalue weighted by Crippen LogP contribution is 2.33. The highest BCUT2D eigenvalue weighted by Gasteiger charge is 2.13. The first-order valence-electron chi connectivity index (χ1n) is 5.96. The maximum absolute atomic E-state index is 6.27. The van der Waals surface area contributed by atoms with Gasteiger partial charge in [-0.3, -0.25) is 0 Å². The molecular formula is C14H16BrNO2S. The third-order valence-electron chi connectivity index (χ3n) is 2.75. The molecular weight excluding hydrogens is 326 g/mol. The minimum absolute atomic E-state index is 0.152. The van der Waals surface area contributed by atoms with Crippen LogP contribution in [0.15, 0.2) is 34.1 Å². The van der Waals surface area contributed by atoms with E-state index in [2.05, 4.69) is 15.9 Å². The molecule has 0 amide bonds. The monoisotopic (exact) mass is 341 g/mol. The second-order valence-corrected chi connectivity index (χ2v) is 5.79. The second-order valence-electron chi connectivity index (χ2n) is 3.99. The third kappa shape index (κ3) is 3.29. The Labute approximate surface area is 125 Å². The van der Waals surface area contributed by atoms with Gasteiger partial charge in [-0.2, -0.15) is 0 Å². The Bertz CT molecular complexity index is 556. The fraction of sp³-hybridized carbons (Fsp3) is 0.286. The van der Waals surface area contributed by atoms with Crippen LogP contribution in [0.1, 0.15) is 23.4 Å². The van der Waals surface area contributed by atoms with E-state index in [1.807, 2.05) is 36.6 Å². The lowest BCUT2D eigenvalue weighted by atomic mass is 10.1. The Balaban J connectivity index is 2.23. The number of hydrogen-bond acceptors (Lipinski definition) is 4. The van der Waals surface area contributed by atoms with Gasteiger partial charge < -0.3 is 15.2 Å². The molecule has 0 bridgehead atoms. The lowest BCUT2D eigenvalue weighted by Crippen LogP contribution is -2.10. The summed E-state index contributed by atoms with van der Waals surface area (Å²) in [6.45, 7) is 2.61. The van der Waals surface area contributed by atoms with Crippen LogP contribution in [0, 0.1) is 0 Å². The SMILES string of the molecule is CCOc1ccc(C(N)c2cc(OC)cs2)cc1Br. The second kappa shape index (κ2) is 6.41. The summed E-state index contributed by atoms with van der Waals surface area (Å²) in [5, 5.41) is 1.96. The van der Waals surface area contributed by atoms with Crippen molar-refractivity contribution in [3.8, 4) is 11.5 Å². The molecule has 2 rings (SSSR count). The van der Waals surface area contributed by atoms with E-state index in [-0.39, 0.29) is 6.04 Å². The van der Waals surface area contributed by atoms with E-state index >= 15 is 0 Å². The Hall–Kier alpha value is -1.04. The van der Waals surface area contributed by atoms with E-state index < -0.39 is 0 Å². The zero-order valence-corrected chi connectivity index (χ0v) is 13.3. The summed E-state index contributed by atoms with van der Waals surface area (Å²) in [4.78, 5) is 1.08. The smallest absolute Gasteiger partial charge is 0.133 e. The molecule has 102 valence electrons. The molecule has 0 spiro atoms.